The van der Waals surface area contributed by atoms with Crippen molar-refractivity contribution in [2.24, 2.45) is 0 Å². The van der Waals surface area contributed by atoms with E-state index in [0.717, 1.165) is 34.1 Å². The molecule has 0 fully saturated rings. The second-order valence-electron chi connectivity index (χ2n) is 3.53. The highest BCUT2D eigenvalue weighted by molar-refractivity contribution is 5.90. The van der Waals surface area contributed by atoms with Crippen LogP contribution in [0.1, 0.15) is 23.9 Å². The van der Waals surface area contributed by atoms with Crippen molar-refractivity contribution in [3.63, 3.8) is 0 Å². The van der Waals surface area contributed by atoms with Crippen LogP contribution in [0, 0.1) is 18.3 Å². The molecular weight excluding hydrogens is 184 g/mol. The molecule has 0 saturated heterocycles. The average molecular weight is 196 g/mol. The Balaban J connectivity index is 2.93. The van der Waals surface area contributed by atoms with Gasteiger partial charge in [0.1, 0.15) is 6.07 Å². The first-order valence-electron chi connectivity index (χ1n) is 5.06. The van der Waals surface area contributed by atoms with E-state index in [9.17, 15) is 0 Å². The van der Waals surface area contributed by atoms with Crippen LogP contribution in [0.15, 0.2) is 24.3 Å². The maximum Gasteiger partial charge on any atom is 0.102 e. The highest BCUT2D eigenvalue weighted by atomic mass is 14.7. The van der Waals surface area contributed by atoms with E-state index in [1.807, 2.05) is 38.1 Å². The Morgan fingerprint density at radius 2 is 1.93 bits per heavy atom. The number of hydrogen-bond donors (Lipinski definition) is 0. The molecule has 0 amide bonds. The number of nitrogens with zero attached hydrogens (tertiary/aromatic N) is 2. The largest absolute Gasteiger partial charge is 0.256 e. The fourth-order valence-corrected chi connectivity index (χ4v) is 1.87. The summed E-state index contributed by atoms with van der Waals surface area (Å²) in [6, 6.07) is 10.2. The zero-order valence-electron chi connectivity index (χ0n) is 8.91. The minimum absolute atomic E-state index is 0.721. The lowest BCUT2D eigenvalue weighted by Gasteiger charge is -2.07. The quantitative estimate of drug-likeness (QED) is 0.703. The Morgan fingerprint density at radius 3 is 2.53 bits per heavy atom. The van der Waals surface area contributed by atoms with Crippen LogP contribution < -0.4 is 0 Å². The number of aryl methyl sites for hydroxylation is 2. The second kappa shape index (κ2) is 3.70. The predicted molar refractivity (Wildman–Crippen MR) is 60.6 cm³/mol. The van der Waals surface area contributed by atoms with E-state index >= 15 is 0 Å². The Labute approximate surface area is 89.2 Å². The summed E-state index contributed by atoms with van der Waals surface area (Å²) < 4.78 is 0. The van der Waals surface area contributed by atoms with Crippen LogP contribution in [0.4, 0.5) is 0 Å². The van der Waals surface area contributed by atoms with Gasteiger partial charge < -0.3 is 0 Å². The van der Waals surface area contributed by atoms with Gasteiger partial charge in [-0.25, -0.2) is 0 Å². The predicted octanol–water partition coefficient (Wildman–Crippen LogP) is 2.98. The maximum atomic E-state index is 9.15. The fourth-order valence-electron chi connectivity index (χ4n) is 1.87. The molecule has 0 bridgehead atoms. The van der Waals surface area contributed by atoms with E-state index < -0.39 is 0 Å². The molecule has 74 valence electrons. The summed E-state index contributed by atoms with van der Waals surface area (Å²) >= 11 is 0. The summed E-state index contributed by atoms with van der Waals surface area (Å²) in [7, 11) is 0. The van der Waals surface area contributed by atoms with E-state index in [-0.39, 0.29) is 0 Å². The standard InChI is InChI=1S/C13H12N2/c1-3-13-12(8-14)11-7-5-4-6-10(11)9(2)15-13/h4-7H,3H2,1-2H3. The summed E-state index contributed by atoms with van der Waals surface area (Å²) in [6.45, 7) is 4.01. The number of fused-ring (bicyclic) bond motifs is 1. The van der Waals surface area contributed by atoms with Gasteiger partial charge in [-0.05, 0) is 13.3 Å². The van der Waals surface area contributed by atoms with Crippen LogP contribution in [0.2, 0.25) is 0 Å². The van der Waals surface area contributed by atoms with Crippen molar-refractivity contribution in [1.29, 1.82) is 5.26 Å². The third-order valence-corrected chi connectivity index (χ3v) is 2.62. The van der Waals surface area contributed by atoms with Gasteiger partial charge in [-0.1, -0.05) is 31.2 Å². The Kier molecular flexibility index (Phi) is 2.39. The van der Waals surface area contributed by atoms with Crippen molar-refractivity contribution in [3.05, 3.63) is 41.2 Å². The minimum Gasteiger partial charge on any atom is -0.256 e. The molecule has 0 aliphatic carbocycles. The zero-order valence-corrected chi connectivity index (χ0v) is 8.91. The van der Waals surface area contributed by atoms with Crippen molar-refractivity contribution in [2.45, 2.75) is 20.3 Å². The van der Waals surface area contributed by atoms with Gasteiger partial charge in [0.15, 0.2) is 0 Å². The molecular formula is C13H12N2. The molecule has 2 nitrogen and oxygen atoms in total. The minimum atomic E-state index is 0.721. The molecule has 0 spiro atoms. The van der Waals surface area contributed by atoms with Crippen molar-refractivity contribution in [2.75, 3.05) is 0 Å². The van der Waals surface area contributed by atoms with Crippen LogP contribution in [-0.2, 0) is 6.42 Å². The Bertz CT molecular complexity index is 550. The Hall–Kier alpha value is -1.88. The van der Waals surface area contributed by atoms with Gasteiger partial charge in [0.2, 0.25) is 0 Å². The van der Waals surface area contributed by atoms with Gasteiger partial charge in [0, 0.05) is 16.5 Å². The summed E-state index contributed by atoms with van der Waals surface area (Å²) in [5.41, 5.74) is 2.62. The third-order valence-electron chi connectivity index (χ3n) is 2.62. The molecule has 0 aliphatic rings. The molecule has 1 aromatic heterocycles. The molecule has 0 radical (unpaired) electrons. The van der Waals surface area contributed by atoms with E-state index in [0.29, 0.717) is 0 Å². The molecule has 0 saturated carbocycles. The summed E-state index contributed by atoms with van der Waals surface area (Å²) in [5, 5.41) is 11.2. The van der Waals surface area contributed by atoms with Crippen LogP contribution >= 0.6 is 0 Å². The zero-order chi connectivity index (χ0) is 10.8. The fraction of sp³-hybridized carbons (Fsp3) is 0.231. The number of aromatic nitrogens is 1. The maximum absolute atomic E-state index is 9.15. The number of pyridine rings is 1. The Morgan fingerprint density at radius 1 is 1.27 bits per heavy atom. The van der Waals surface area contributed by atoms with Gasteiger partial charge in [-0.15, -0.1) is 0 Å². The highest BCUT2D eigenvalue weighted by Crippen LogP contribution is 2.23. The van der Waals surface area contributed by atoms with Crippen molar-refractivity contribution < 1.29 is 0 Å². The van der Waals surface area contributed by atoms with Crippen LogP contribution in [0.3, 0.4) is 0 Å². The highest BCUT2D eigenvalue weighted by Gasteiger charge is 2.09. The van der Waals surface area contributed by atoms with Crippen LogP contribution in [0.25, 0.3) is 10.8 Å². The molecule has 0 aliphatic heterocycles. The molecule has 0 atom stereocenters. The van der Waals surface area contributed by atoms with Gasteiger partial charge >= 0.3 is 0 Å². The molecule has 2 heteroatoms. The lowest BCUT2D eigenvalue weighted by molar-refractivity contribution is 1.01. The van der Waals surface area contributed by atoms with Gasteiger partial charge in [0.05, 0.1) is 11.3 Å². The van der Waals surface area contributed by atoms with E-state index in [4.69, 9.17) is 5.26 Å². The van der Waals surface area contributed by atoms with Crippen LogP contribution in [0.5, 0.6) is 0 Å². The summed E-state index contributed by atoms with van der Waals surface area (Å²) in [5.74, 6) is 0. The number of benzene rings is 1. The number of rotatable bonds is 1. The second-order valence-corrected chi connectivity index (χ2v) is 3.53. The molecule has 0 unspecified atom stereocenters. The monoisotopic (exact) mass is 196 g/mol. The summed E-state index contributed by atoms with van der Waals surface area (Å²) in [4.78, 5) is 4.47. The van der Waals surface area contributed by atoms with Crippen molar-refractivity contribution in [1.82, 2.24) is 4.98 Å². The van der Waals surface area contributed by atoms with Crippen LogP contribution in [-0.4, -0.2) is 4.98 Å². The first-order valence-corrected chi connectivity index (χ1v) is 5.06. The van der Waals surface area contributed by atoms with Gasteiger partial charge in [0.25, 0.3) is 0 Å². The van der Waals surface area contributed by atoms with E-state index in [1.165, 1.54) is 0 Å². The lowest BCUT2D eigenvalue weighted by Crippen LogP contribution is -1.97. The molecule has 1 aromatic carbocycles. The van der Waals surface area contributed by atoms with Gasteiger partial charge in [-0.2, -0.15) is 5.26 Å². The first-order chi connectivity index (χ1) is 7.27. The van der Waals surface area contributed by atoms with Gasteiger partial charge in [-0.3, -0.25) is 4.98 Å². The molecule has 15 heavy (non-hydrogen) atoms. The molecule has 2 aromatic rings. The summed E-state index contributed by atoms with van der Waals surface area (Å²) in [6.07, 6.45) is 0.800. The topological polar surface area (TPSA) is 36.7 Å². The smallest absolute Gasteiger partial charge is 0.102 e. The van der Waals surface area contributed by atoms with E-state index in [2.05, 4.69) is 11.1 Å². The SMILES string of the molecule is CCc1nc(C)c2ccccc2c1C#N. The van der Waals surface area contributed by atoms with E-state index in [1.54, 1.807) is 0 Å². The number of nitriles is 1. The first kappa shape index (κ1) is 9.67. The lowest BCUT2D eigenvalue weighted by atomic mass is 10.0. The molecule has 2 rings (SSSR count). The number of hydrogen-bond acceptors (Lipinski definition) is 2. The molecule has 1 heterocycles. The average Bonchev–Trinajstić information content (AvgIpc) is 2.29. The third kappa shape index (κ3) is 1.46. The molecule has 0 N–H and O–H groups in total. The van der Waals surface area contributed by atoms with Crippen molar-refractivity contribution in [3.8, 4) is 6.07 Å². The normalized spacial score (nSPS) is 10.2. The van der Waals surface area contributed by atoms with Crippen molar-refractivity contribution >= 4 is 10.8 Å².